The highest BCUT2D eigenvalue weighted by Crippen LogP contribution is 2.24. The van der Waals surface area contributed by atoms with Gasteiger partial charge in [0, 0.05) is 38.8 Å². The second-order valence-corrected chi connectivity index (χ2v) is 6.61. The lowest BCUT2D eigenvalue weighted by Gasteiger charge is -2.35. The molecule has 0 bridgehead atoms. The molecule has 0 unspecified atom stereocenters. The Morgan fingerprint density at radius 3 is 2.48 bits per heavy atom. The van der Waals surface area contributed by atoms with Crippen LogP contribution in [0.25, 0.3) is 11.0 Å². The molecule has 2 aromatic carbocycles. The first-order valence-electron chi connectivity index (χ1n) is 9.04. The maximum Gasteiger partial charge on any atom is 0.183 e. The van der Waals surface area contributed by atoms with Crippen molar-refractivity contribution in [2.45, 2.75) is 6.54 Å². The number of hydrogen-bond acceptors (Lipinski definition) is 6. The van der Waals surface area contributed by atoms with E-state index in [-0.39, 0.29) is 0 Å². The van der Waals surface area contributed by atoms with E-state index in [1.165, 1.54) is 5.56 Å². The standard InChI is InChI=1S/C21H21N5O/c1-27-17-7-8-18-19(13-17)24-21(20(14-22)23-18)26-11-9-25(10-12-26)15-16-5-3-2-4-6-16/h2-8,13H,9-12,15H2,1H3. The number of aromatic nitrogens is 2. The summed E-state index contributed by atoms with van der Waals surface area (Å²) in [5, 5.41) is 9.54. The van der Waals surface area contributed by atoms with Gasteiger partial charge in [0.2, 0.25) is 0 Å². The van der Waals surface area contributed by atoms with E-state index in [0.717, 1.165) is 44.0 Å². The van der Waals surface area contributed by atoms with Crippen LogP contribution in [0.1, 0.15) is 11.3 Å². The first kappa shape index (κ1) is 17.3. The molecule has 1 aromatic heterocycles. The SMILES string of the molecule is COc1ccc2nc(C#N)c(N3CCN(Cc4ccccc4)CC3)nc2c1. The second kappa shape index (κ2) is 7.60. The molecule has 6 heteroatoms. The second-order valence-electron chi connectivity index (χ2n) is 6.61. The van der Waals surface area contributed by atoms with E-state index in [1.807, 2.05) is 24.3 Å². The van der Waals surface area contributed by atoms with Gasteiger partial charge < -0.3 is 9.64 Å². The molecule has 0 atom stereocenters. The molecule has 1 aliphatic rings. The van der Waals surface area contributed by atoms with Crippen molar-refractivity contribution in [1.82, 2.24) is 14.9 Å². The van der Waals surface area contributed by atoms with E-state index in [2.05, 4.69) is 45.1 Å². The fourth-order valence-corrected chi connectivity index (χ4v) is 3.41. The predicted molar refractivity (Wildman–Crippen MR) is 105 cm³/mol. The van der Waals surface area contributed by atoms with Gasteiger partial charge in [-0.1, -0.05) is 30.3 Å². The van der Waals surface area contributed by atoms with Crippen LogP contribution in [-0.4, -0.2) is 48.2 Å². The Morgan fingerprint density at radius 1 is 1.00 bits per heavy atom. The number of methoxy groups -OCH3 is 1. The maximum absolute atomic E-state index is 9.54. The van der Waals surface area contributed by atoms with Crippen LogP contribution in [-0.2, 0) is 6.54 Å². The summed E-state index contributed by atoms with van der Waals surface area (Å²) in [5.41, 5.74) is 3.15. The Kier molecular flexibility index (Phi) is 4.86. The van der Waals surface area contributed by atoms with E-state index in [1.54, 1.807) is 7.11 Å². The van der Waals surface area contributed by atoms with Crippen LogP contribution < -0.4 is 9.64 Å². The van der Waals surface area contributed by atoms with Crippen LogP contribution in [0.15, 0.2) is 48.5 Å². The van der Waals surface area contributed by atoms with E-state index >= 15 is 0 Å². The molecule has 0 saturated carbocycles. The van der Waals surface area contributed by atoms with Crippen LogP contribution in [0.3, 0.4) is 0 Å². The Bertz CT molecular complexity index is 975. The van der Waals surface area contributed by atoms with E-state index in [9.17, 15) is 5.26 Å². The van der Waals surface area contributed by atoms with Gasteiger partial charge in [0.05, 0.1) is 18.1 Å². The number of hydrogen-bond donors (Lipinski definition) is 0. The van der Waals surface area contributed by atoms with Crippen molar-refractivity contribution in [2.24, 2.45) is 0 Å². The van der Waals surface area contributed by atoms with Crippen LogP contribution in [0.2, 0.25) is 0 Å². The van der Waals surface area contributed by atoms with Gasteiger partial charge in [-0.2, -0.15) is 5.26 Å². The predicted octanol–water partition coefficient (Wildman–Crippen LogP) is 2.83. The fourth-order valence-electron chi connectivity index (χ4n) is 3.41. The lowest BCUT2D eigenvalue weighted by atomic mass is 10.2. The van der Waals surface area contributed by atoms with E-state index < -0.39 is 0 Å². The third-order valence-corrected chi connectivity index (χ3v) is 4.88. The van der Waals surface area contributed by atoms with Crippen molar-refractivity contribution in [3.8, 4) is 11.8 Å². The molecule has 2 heterocycles. The van der Waals surface area contributed by atoms with Crippen LogP contribution in [0, 0.1) is 11.3 Å². The van der Waals surface area contributed by atoms with Crippen molar-refractivity contribution in [1.29, 1.82) is 5.26 Å². The molecular formula is C21H21N5O. The minimum absolute atomic E-state index is 0.379. The van der Waals surface area contributed by atoms with Crippen molar-refractivity contribution < 1.29 is 4.74 Å². The summed E-state index contributed by atoms with van der Waals surface area (Å²) >= 11 is 0. The Hall–Kier alpha value is -3.17. The molecule has 0 amide bonds. The number of piperazine rings is 1. The Balaban J connectivity index is 1.53. The van der Waals surface area contributed by atoms with Crippen molar-refractivity contribution in [2.75, 3.05) is 38.2 Å². The minimum Gasteiger partial charge on any atom is -0.497 e. The number of fused-ring (bicyclic) bond motifs is 1. The van der Waals surface area contributed by atoms with Gasteiger partial charge in [0.1, 0.15) is 11.8 Å². The first-order valence-corrected chi connectivity index (χ1v) is 9.04. The van der Waals surface area contributed by atoms with Gasteiger partial charge >= 0.3 is 0 Å². The van der Waals surface area contributed by atoms with Gasteiger partial charge in [0.25, 0.3) is 0 Å². The quantitative estimate of drug-likeness (QED) is 0.714. The summed E-state index contributed by atoms with van der Waals surface area (Å²) in [6, 6.07) is 18.2. The maximum atomic E-state index is 9.54. The minimum atomic E-state index is 0.379. The zero-order valence-electron chi connectivity index (χ0n) is 15.3. The summed E-state index contributed by atoms with van der Waals surface area (Å²) in [5.74, 6) is 1.40. The van der Waals surface area contributed by atoms with Gasteiger partial charge in [-0.25, -0.2) is 9.97 Å². The molecule has 1 fully saturated rings. The number of ether oxygens (including phenoxy) is 1. The Morgan fingerprint density at radius 2 is 1.78 bits per heavy atom. The highest BCUT2D eigenvalue weighted by molar-refractivity contribution is 5.79. The largest absolute Gasteiger partial charge is 0.497 e. The molecule has 3 aromatic rings. The zero-order valence-corrected chi connectivity index (χ0v) is 15.3. The molecule has 0 spiro atoms. The molecule has 6 nitrogen and oxygen atoms in total. The normalized spacial score (nSPS) is 14.9. The van der Waals surface area contributed by atoms with Crippen molar-refractivity contribution in [3.05, 3.63) is 59.8 Å². The van der Waals surface area contributed by atoms with Gasteiger partial charge in [-0.3, -0.25) is 4.90 Å². The van der Waals surface area contributed by atoms with Gasteiger partial charge in [-0.05, 0) is 17.7 Å². The molecule has 0 radical (unpaired) electrons. The molecule has 1 saturated heterocycles. The summed E-state index contributed by atoms with van der Waals surface area (Å²) < 4.78 is 5.28. The fraction of sp³-hybridized carbons (Fsp3) is 0.286. The van der Waals surface area contributed by atoms with Crippen molar-refractivity contribution in [3.63, 3.8) is 0 Å². The lowest BCUT2D eigenvalue weighted by molar-refractivity contribution is 0.249. The highest BCUT2D eigenvalue weighted by atomic mass is 16.5. The summed E-state index contributed by atoms with van der Waals surface area (Å²) in [7, 11) is 1.63. The van der Waals surface area contributed by atoms with Gasteiger partial charge in [-0.15, -0.1) is 0 Å². The topological polar surface area (TPSA) is 65.3 Å². The average molecular weight is 359 g/mol. The van der Waals surface area contributed by atoms with E-state index in [4.69, 9.17) is 9.72 Å². The summed E-state index contributed by atoms with van der Waals surface area (Å²) in [6.07, 6.45) is 0. The molecule has 0 N–H and O–H groups in total. The molecule has 0 aliphatic carbocycles. The number of benzene rings is 2. The molecule has 27 heavy (non-hydrogen) atoms. The summed E-state index contributed by atoms with van der Waals surface area (Å²) in [6.45, 7) is 4.45. The Labute approximate surface area is 158 Å². The molecule has 4 rings (SSSR count). The molecular weight excluding hydrogens is 338 g/mol. The number of nitrogens with zero attached hydrogens (tertiary/aromatic N) is 5. The van der Waals surface area contributed by atoms with Crippen molar-refractivity contribution >= 4 is 16.9 Å². The summed E-state index contributed by atoms with van der Waals surface area (Å²) in [4.78, 5) is 13.8. The molecule has 1 aliphatic heterocycles. The third kappa shape index (κ3) is 3.69. The third-order valence-electron chi connectivity index (χ3n) is 4.88. The van der Waals surface area contributed by atoms with Gasteiger partial charge in [0.15, 0.2) is 11.5 Å². The highest BCUT2D eigenvalue weighted by Gasteiger charge is 2.22. The number of nitriles is 1. The smallest absolute Gasteiger partial charge is 0.183 e. The van der Waals surface area contributed by atoms with Crippen LogP contribution in [0.4, 0.5) is 5.82 Å². The number of rotatable bonds is 4. The first-order chi connectivity index (χ1) is 13.3. The van der Waals surface area contributed by atoms with Crippen LogP contribution in [0.5, 0.6) is 5.75 Å². The zero-order chi connectivity index (χ0) is 18.6. The van der Waals surface area contributed by atoms with Crippen LogP contribution >= 0.6 is 0 Å². The van der Waals surface area contributed by atoms with E-state index in [0.29, 0.717) is 17.0 Å². The average Bonchev–Trinajstić information content (AvgIpc) is 2.73. The lowest BCUT2D eigenvalue weighted by Crippen LogP contribution is -2.46. The number of anilines is 1. The molecule has 136 valence electrons. The monoisotopic (exact) mass is 359 g/mol.